The molecule has 0 saturated heterocycles. The maximum Gasteiger partial charge on any atom is 0.216 e. The molecule has 1 heterocycles. The number of aryl methyl sites for hydroxylation is 1. The molecule has 2 nitrogen and oxygen atoms in total. The Balaban J connectivity index is 1.65. The first-order chi connectivity index (χ1) is 18.4. The van der Waals surface area contributed by atoms with Crippen LogP contribution in [0.1, 0.15) is 97.0 Å². The number of benzene rings is 2. The number of nitrogens with zero attached hydrogens (tertiary/aromatic N) is 1. The predicted octanol–water partition coefficient (Wildman–Crippen LogP) is 10.3. The maximum absolute atomic E-state index is 15.4. The highest BCUT2D eigenvalue weighted by Gasteiger charge is 2.20. The molecular weight excluding hydrogens is 490 g/mol. The number of aromatic nitrogens is 1. The average Bonchev–Trinajstić information content (AvgIpc) is 2.91. The normalized spacial score (nSPS) is 12.3. The van der Waals surface area contributed by atoms with Crippen LogP contribution in [-0.2, 0) is 6.42 Å². The van der Waals surface area contributed by atoms with Crippen LogP contribution in [0.5, 0.6) is 5.75 Å². The summed E-state index contributed by atoms with van der Waals surface area (Å²) in [5, 5.41) is -0.308. The Morgan fingerprint density at radius 2 is 1.53 bits per heavy atom. The van der Waals surface area contributed by atoms with Gasteiger partial charge in [0.15, 0.2) is 17.4 Å². The highest BCUT2D eigenvalue weighted by Crippen LogP contribution is 2.35. The second-order valence-corrected chi connectivity index (χ2v) is 10.4. The first-order valence-electron chi connectivity index (χ1n) is 14.3. The van der Waals surface area contributed by atoms with E-state index < -0.39 is 29.1 Å². The van der Waals surface area contributed by atoms with E-state index in [1.54, 1.807) is 12.1 Å². The first kappa shape index (κ1) is 29.9. The van der Waals surface area contributed by atoms with Crippen LogP contribution in [0, 0.1) is 29.3 Å². The lowest BCUT2D eigenvalue weighted by Gasteiger charge is -2.13. The van der Waals surface area contributed by atoms with Crippen molar-refractivity contribution in [1.29, 1.82) is 0 Å². The number of pyridine rings is 1. The van der Waals surface area contributed by atoms with Crippen molar-refractivity contribution < 1.29 is 22.3 Å². The number of rotatable bonds is 16. The summed E-state index contributed by atoms with van der Waals surface area (Å²) in [5.41, 5.74) is 0.565. The second kappa shape index (κ2) is 15.1. The number of ether oxygens (including phenoxy) is 1. The second-order valence-electron chi connectivity index (χ2n) is 10.4. The molecule has 0 aliphatic rings. The van der Waals surface area contributed by atoms with Gasteiger partial charge in [0.1, 0.15) is 5.82 Å². The third kappa shape index (κ3) is 7.94. The Bertz CT molecular complexity index is 1180. The van der Waals surface area contributed by atoms with Gasteiger partial charge in [0.2, 0.25) is 5.95 Å². The fraction of sp³-hybridized carbons (Fsp3) is 0.531. The average molecular weight is 532 g/mol. The molecule has 0 N–H and O–H groups in total. The molecule has 3 aromatic rings. The highest BCUT2D eigenvalue weighted by molar-refractivity contribution is 5.89. The molecule has 2 aromatic carbocycles. The third-order valence-corrected chi connectivity index (χ3v) is 7.39. The number of unbranched alkanes of at least 4 members (excludes halogenated alkanes) is 7. The molecule has 0 aliphatic carbocycles. The van der Waals surface area contributed by atoms with Gasteiger partial charge in [-0.05, 0) is 43.4 Å². The van der Waals surface area contributed by atoms with Crippen molar-refractivity contribution in [1.82, 2.24) is 4.98 Å². The van der Waals surface area contributed by atoms with Gasteiger partial charge in [-0.25, -0.2) is 18.2 Å². The lowest BCUT2D eigenvalue weighted by molar-refractivity contribution is 0.276. The number of hydrogen-bond donors (Lipinski definition) is 0. The first-order valence-corrected chi connectivity index (χ1v) is 14.3. The molecule has 0 fully saturated rings. The molecule has 0 unspecified atom stereocenters. The molecule has 0 bridgehead atoms. The van der Waals surface area contributed by atoms with Crippen molar-refractivity contribution in [3.8, 4) is 17.0 Å². The molecule has 0 amide bonds. The minimum absolute atomic E-state index is 0.00488. The van der Waals surface area contributed by atoms with Crippen molar-refractivity contribution in [2.45, 2.75) is 97.8 Å². The van der Waals surface area contributed by atoms with Gasteiger partial charge < -0.3 is 4.74 Å². The van der Waals surface area contributed by atoms with Crippen molar-refractivity contribution in [3.05, 3.63) is 59.3 Å². The molecular formula is C32H41F4NO. The quantitative estimate of drug-likeness (QED) is 0.104. The standard InChI is InChI=1S/C32H41F4NO/c1-4-6-7-12-15-23-16-19-28(37-32(23)36)25-18-17-24-26(29(25)34)21-27(33)31(30(24)35)38-20-13-10-8-9-11-14-22(3)5-2/h16-19,21-22H,4-15,20H2,1-3H3/t22-/m1/s1. The molecule has 6 heteroatoms. The van der Waals surface area contributed by atoms with E-state index in [1.165, 1.54) is 31.4 Å². The SMILES string of the molecule is CCCCCCc1ccc(-c2ccc3c(F)c(OCCCCCCC[C@H](C)CC)c(F)cc3c2F)nc1F. The van der Waals surface area contributed by atoms with E-state index in [-0.39, 0.29) is 28.6 Å². The summed E-state index contributed by atoms with van der Waals surface area (Å²) in [6.07, 6.45) is 12.1. The third-order valence-electron chi connectivity index (χ3n) is 7.39. The lowest BCUT2D eigenvalue weighted by atomic mass is 10.0. The summed E-state index contributed by atoms with van der Waals surface area (Å²) in [7, 11) is 0. The summed E-state index contributed by atoms with van der Waals surface area (Å²) in [6.45, 7) is 6.77. The van der Waals surface area contributed by atoms with Gasteiger partial charge in [-0.2, -0.15) is 4.39 Å². The molecule has 208 valence electrons. The highest BCUT2D eigenvalue weighted by atomic mass is 19.1. The molecule has 1 aromatic heterocycles. The Labute approximate surface area is 224 Å². The Morgan fingerprint density at radius 3 is 2.26 bits per heavy atom. The van der Waals surface area contributed by atoms with Gasteiger partial charge >= 0.3 is 0 Å². The topological polar surface area (TPSA) is 22.1 Å². The van der Waals surface area contributed by atoms with E-state index in [4.69, 9.17) is 4.74 Å². The minimum Gasteiger partial charge on any atom is -0.488 e. The zero-order valence-electron chi connectivity index (χ0n) is 23.0. The molecule has 0 radical (unpaired) electrons. The molecule has 3 rings (SSSR count). The Hall–Kier alpha value is -2.63. The zero-order chi connectivity index (χ0) is 27.5. The van der Waals surface area contributed by atoms with Crippen LogP contribution in [0.2, 0.25) is 0 Å². The van der Waals surface area contributed by atoms with Crippen LogP contribution in [0.3, 0.4) is 0 Å². The molecule has 0 aliphatic heterocycles. The van der Waals surface area contributed by atoms with Crippen LogP contribution < -0.4 is 4.74 Å². The van der Waals surface area contributed by atoms with Gasteiger partial charge in [0.25, 0.3) is 0 Å². The van der Waals surface area contributed by atoms with E-state index in [0.717, 1.165) is 56.9 Å². The van der Waals surface area contributed by atoms with Gasteiger partial charge in [0, 0.05) is 21.9 Å². The van der Waals surface area contributed by atoms with Crippen LogP contribution >= 0.6 is 0 Å². The largest absolute Gasteiger partial charge is 0.488 e. The Kier molecular flexibility index (Phi) is 11.9. The summed E-state index contributed by atoms with van der Waals surface area (Å²) < 4.78 is 65.2. The van der Waals surface area contributed by atoms with Crippen molar-refractivity contribution in [2.24, 2.45) is 5.92 Å². The smallest absolute Gasteiger partial charge is 0.216 e. The fourth-order valence-electron chi connectivity index (χ4n) is 4.72. The monoisotopic (exact) mass is 531 g/mol. The van der Waals surface area contributed by atoms with Crippen molar-refractivity contribution >= 4 is 10.8 Å². The van der Waals surface area contributed by atoms with E-state index in [1.807, 2.05) is 0 Å². The van der Waals surface area contributed by atoms with E-state index in [2.05, 4.69) is 25.8 Å². The van der Waals surface area contributed by atoms with E-state index in [9.17, 15) is 8.78 Å². The molecule has 38 heavy (non-hydrogen) atoms. The van der Waals surface area contributed by atoms with Crippen LogP contribution in [0.15, 0.2) is 30.3 Å². The van der Waals surface area contributed by atoms with E-state index in [0.29, 0.717) is 18.4 Å². The van der Waals surface area contributed by atoms with Crippen LogP contribution in [-0.4, -0.2) is 11.6 Å². The lowest BCUT2D eigenvalue weighted by Crippen LogP contribution is -2.03. The summed E-state index contributed by atoms with van der Waals surface area (Å²) in [4.78, 5) is 3.94. The Morgan fingerprint density at radius 1 is 0.789 bits per heavy atom. The van der Waals surface area contributed by atoms with Gasteiger partial charge in [-0.1, -0.05) is 90.7 Å². The molecule has 1 atom stereocenters. The fourth-order valence-corrected chi connectivity index (χ4v) is 4.72. The molecule has 0 saturated carbocycles. The number of hydrogen-bond acceptors (Lipinski definition) is 2. The van der Waals surface area contributed by atoms with Crippen LogP contribution in [0.25, 0.3) is 22.0 Å². The van der Waals surface area contributed by atoms with Gasteiger partial charge in [-0.3, -0.25) is 0 Å². The summed E-state index contributed by atoms with van der Waals surface area (Å²) in [6, 6.07) is 6.82. The number of fused-ring (bicyclic) bond motifs is 1. The maximum atomic E-state index is 15.4. The van der Waals surface area contributed by atoms with Crippen molar-refractivity contribution in [2.75, 3.05) is 6.61 Å². The minimum atomic E-state index is -0.957. The summed E-state index contributed by atoms with van der Waals surface area (Å²) >= 11 is 0. The zero-order valence-corrected chi connectivity index (χ0v) is 23.0. The van der Waals surface area contributed by atoms with Crippen molar-refractivity contribution in [3.63, 3.8) is 0 Å². The predicted molar refractivity (Wildman–Crippen MR) is 148 cm³/mol. The van der Waals surface area contributed by atoms with E-state index >= 15 is 8.78 Å². The molecule has 0 spiro atoms. The summed E-state index contributed by atoms with van der Waals surface area (Å²) in [5.74, 6) is -3.11. The number of halogens is 4. The van der Waals surface area contributed by atoms with Crippen LogP contribution in [0.4, 0.5) is 17.6 Å². The van der Waals surface area contributed by atoms with Gasteiger partial charge in [0.05, 0.1) is 12.3 Å². The van der Waals surface area contributed by atoms with Gasteiger partial charge in [-0.15, -0.1) is 0 Å².